The van der Waals surface area contributed by atoms with E-state index in [4.69, 9.17) is 0 Å². The predicted octanol–water partition coefficient (Wildman–Crippen LogP) is 1.22. The maximum absolute atomic E-state index is 12.8. The molecule has 23 heavy (non-hydrogen) atoms. The van der Waals surface area contributed by atoms with E-state index < -0.39 is 17.5 Å². The second kappa shape index (κ2) is 5.88. The van der Waals surface area contributed by atoms with E-state index in [2.05, 4.69) is 34.1 Å². The molecule has 1 spiro atoms. The fraction of sp³-hybridized carbons (Fsp3) is 0.643. The molecular formula is C14H19N5O3S. The molecule has 2 heterocycles. The molecular weight excluding hydrogens is 318 g/mol. The minimum absolute atomic E-state index is 0.293. The van der Waals surface area contributed by atoms with E-state index in [-0.39, 0.29) is 12.5 Å². The van der Waals surface area contributed by atoms with Crippen LogP contribution in [0.4, 0.5) is 9.80 Å². The number of nitrogens with zero attached hydrogens (tertiary/aromatic N) is 3. The van der Waals surface area contributed by atoms with Gasteiger partial charge in [-0.25, -0.2) is 4.79 Å². The maximum atomic E-state index is 12.8. The standard InChI is InChI=1S/C14H19N5O3S/c1-8-3-9(2)5-14(4-8)12(21)19(13(22)17-14)7-10(20)16-11-6-15-18-23-11/h6,8-9H,3-5,7H2,1-2H3,(H,16,20)(H,17,22). The highest BCUT2D eigenvalue weighted by Gasteiger charge is 2.54. The van der Waals surface area contributed by atoms with Crippen molar-refractivity contribution in [1.82, 2.24) is 19.8 Å². The van der Waals surface area contributed by atoms with Crippen molar-refractivity contribution >= 4 is 34.4 Å². The van der Waals surface area contributed by atoms with Crippen LogP contribution in [-0.4, -0.2) is 44.4 Å². The highest BCUT2D eigenvalue weighted by Crippen LogP contribution is 2.39. The Balaban J connectivity index is 1.70. The smallest absolute Gasteiger partial charge is 0.323 e. The zero-order chi connectivity index (χ0) is 16.6. The van der Waals surface area contributed by atoms with Crippen molar-refractivity contribution in [3.8, 4) is 0 Å². The van der Waals surface area contributed by atoms with Crippen molar-refractivity contribution in [2.24, 2.45) is 11.8 Å². The number of carbonyl (C=O) groups excluding carboxylic acids is 3. The van der Waals surface area contributed by atoms with Gasteiger partial charge in [0.05, 0.1) is 6.20 Å². The van der Waals surface area contributed by atoms with E-state index in [0.717, 1.165) is 22.9 Å². The van der Waals surface area contributed by atoms with Gasteiger partial charge in [0.15, 0.2) is 0 Å². The van der Waals surface area contributed by atoms with E-state index in [1.807, 2.05) is 0 Å². The topological polar surface area (TPSA) is 104 Å². The third kappa shape index (κ3) is 3.05. The average molecular weight is 337 g/mol. The molecule has 1 saturated carbocycles. The van der Waals surface area contributed by atoms with Crippen LogP contribution < -0.4 is 10.6 Å². The van der Waals surface area contributed by atoms with Crippen molar-refractivity contribution in [3.63, 3.8) is 0 Å². The molecule has 1 aromatic heterocycles. The highest BCUT2D eigenvalue weighted by atomic mass is 32.1. The summed E-state index contributed by atoms with van der Waals surface area (Å²) in [5.74, 6) is -0.00734. The van der Waals surface area contributed by atoms with Crippen molar-refractivity contribution in [2.75, 3.05) is 11.9 Å². The number of carbonyl (C=O) groups is 3. The molecule has 3 rings (SSSR count). The first-order chi connectivity index (χ1) is 10.9. The van der Waals surface area contributed by atoms with E-state index >= 15 is 0 Å². The average Bonchev–Trinajstić information content (AvgIpc) is 3.01. The molecule has 0 bridgehead atoms. The number of imide groups is 1. The summed E-state index contributed by atoms with van der Waals surface area (Å²) in [5.41, 5.74) is -0.847. The Morgan fingerprint density at radius 1 is 1.43 bits per heavy atom. The lowest BCUT2D eigenvalue weighted by Gasteiger charge is -2.37. The Labute approximate surface area is 137 Å². The predicted molar refractivity (Wildman–Crippen MR) is 83.7 cm³/mol. The minimum Gasteiger partial charge on any atom is -0.323 e. The number of nitrogens with one attached hydrogen (secondary N) is 2. The summed E-state index contributed by atoms with van der Waals surface area (Å²) < 4.78 is 3.64. The molecule has 0 radical (unpaired) electrons. The number of anilines is 1. The van der Waals surface area contributed by atoms with Crippen LogP contribution in [0.25, 0.3) is 0 Å². The van der Waals surface area contributed by atoms with Crippen LogP contribution in [0.1, 0.15) is 33.1 Å². The first-order valence-corrected chi connectivity index (χ1v) is 8.38. The molecule has 1 aliphatic carbocycles. The van der Waals surface area contributed by atoms with Gasteiger partial charge in [0, 0.05) is 11.5 Å². The highest BCUT2D eigenvalue weighted by molar-refractivity contribution is 7.10. The lowest BCUT2D eigenvalue weighted by atomic mass is 9.71. The van der Waals surface area contributed by atoms with Crippen molar-refractivity contribution in [1.29, 1.82) is 0 Å². The van der Waals surface area contributed by atoms with E-state index in [9.17, 15) is 14.4 Å². The van der Waals surface area contributed by atoms with Gasteiger partial charge in [0.25, 0.3) is 5.91 Å². The summed E-state index contributed by atoms with van der Waals surface area (Å²) >= 11 is 1.04. The van der Waals surface area contributed by atoms with Crippen molar-refractivity contribution in [2.45, 2.75) is 38.6 Å². The van der Waals surface area contributed by atoms with Gasteiger partial charge in [-0.05, 0) is 31.1 Å². The number of urea groups is 1. The number of aromatic nitrogens is 2. The molecule has 0 aromatic carbocycles. The van der Waals surface area contributed by atoms with Gasteiger partial charge in [0.1, 0.15) is 17.1 Å². The van der Waals surface area contributed by atoms with Gasteiger partial charge in [-0.1, -0.05) is 18.3 Å². The SMILES string of the molecule is CC1CC(C)CC2(C1)NC(=O)N(CC(=O)Nc1cnns1)C2=O. The van der Waals surface area contributed by atoms with Crippen LogP contribution in [0.15, 0.2) is 6.20 Å². The summed E-state index contributed by atoms with van der Waals surface area (Å²) in [6.07, 6.45) is 3.71. The van der Waals surface area contributed by atoms with Crippen LogP contribution in [0, 0.1) is 11.8 Å². The molecule has 2 aliphatic rings. The molecule has 2 N–H and O–H groups in total. The van der Waals surface area contributed by atoms with Crippen LogP contribution in [0.2, 0.25) is 0 Å². The number of amides is 4. The normalized spacial score (nSPS) is 30.6. The van der Waals surface area contributed by atoms with E-state index in [0.29, 0.717) is 29.7 Å². The largest absolute Gasteiger partial charge is 0.325 e. The molecule has 8 nitrogen and oxygen atoms in total. The molecule has 2 atom stereocenters. The van der Waals surface area contributed by atoms with Gasteiger partial charge >= 0.3 is 6.03 Å². The summed E-state index contributed by atoms with van der Waals surface area (Å²) in [6, 6.07) is -0.492. The quantitative estimate of drug-likeness (QED) is 0.807. The van der Waals surface area contributed by atoms with E-state index in [1.54, 1.807) is 0 Å². The first kappa shape index (κ1) is 15.9. The second-order valence-corrected chi connectivity index (χ2v) is 7.37. The number of hydrogen-bond acceptors (Lipinski definition) is 6. The maximum Gasteiger partial charge on any atom is 0.325 e. The first-order valence-electron chi connectivity index (χ1n) is 7.61. The van der Waals surface area contributed by atoms with E-state index in [1.165, 1.54) is 6.20 Å². The zero-order valence-electron chi connectivity index (χ0n) is 13.0. The van der Waals surface area contributed by atoms with Crippen molar-refractivity contribution < 1.29 is 14.4 Å². The Bertz CT molecular complexity index is 622. The molecule has 1 aromatic rings. The van der Waals surface area contributed by atoms with Gasteiger partial charge in [0.2, 0.25) is 5.91 Å². The summed E-state index contributed by atoms with van der Waals surface area (Å²) in [5, 5.41) is 9.51. The Morgan fingerprint density at radius 2 is 2.13 bits per heavy atom. The summed E-state index contributed by atoms with van der Waals surface area (Å²) in [6.45, 7) is 3.87. The van der Waals surface area contributed by atoms with Crippen LogP contribution in [-0.2, 0) is 9.59 Å². The molecule has 1 aliphatic heterocycles. The molecule has 9 heteroatoms. The summed E-state index contributed by atoms with van der Waals surface area (Å²) in [7, 11) is 0. The molecule has 2 unspecified atom stereocenters. The minimum atomic E-state index is -0.847. The number of hydrogen-bond donors (Lipinski definition) is 2. The Hall–Kier alpha value is -2.03. The molecule has 4 amide bonds. The molecule has 1 saturated heterocycles. The third-order valence-electron chi connectivity index (χ3n) is 4.37. The van der Waals surface area contributed by atoms with Crippen LogP contribution in [0.5, 0.6) is 0 Å². The Morgan fingerprint density at radius 3 is 2.74 bits per heavy atom. The van der Waals surface area contributed by atoms with Crippen molar-refractivity contribution in [3.05, 3.63) is 6.20 Å². The molecule has 2 fully saturated rings. The fourth-order valence-corrected chi connectivity index (χ4v) is 4.20. The Kier molecular flexibility index (Phi) is 4.05. The van der Waals surface area contributed by atoms with Crippen LogP contribution in [0.3, 0.4) is 0 Å². The zero-order valence-corrected chi connectivity index (χ0v) is 13.9. The van der Waals surface area contributed by atoms with Crippen LogP contribution >= 0.6 is 11.5 Å². The lowest BCUT2D eigenvalue weighted by molar-refractivity contribution is -0.135. The van der Waals surface area contributed by atoms with Gasteiger partial charge < -0.3 is 10.6 Å². The molecule has 124 valence electrons. The fourth-order valence-electron chi connectivity index (χ4n) is 3.77. The summed E-state index contributed by atoms with van der Waals surface area (Å²) in [4.78, 5) is 38.0. The lowest BCUT2D eigenvalue weighted by Crippen LogP contribution is -2.52. The monoisotopic (exact) mass is 337 g/mol. The number of rotatable bonds is 3. The second-order valence-electron chi connectivity index (χ2n) is 6.59. The van der Waals surface area contributed by atoms with Gasteiger partial charge in [-0.15, -0.1) is 5.10 Å². The third-order valence-corrected chi connectivity index (χ3v) is 4.95. The van der Waals surface area contributed by atoms with Gasteiger partial charge in [-0.3, -0.25) is 14.5 Å². The van der Waals surface area contributed by atoms with Gasteiger partial charge in [-0.2, -0.15) is 0 Å².